The van der Waals surface area contributed by atoms with Crippen LogP contribution in [0.3, 0.4) is 0 Å². The van der Waals surface area contributed by atoms with Gasteiger partial charge in [-0.2, -0.15) is 0 Å². The van der Waals surface area contributed by atoms with Crippen molar-refractivity contribution in [3.8, 4) is 11.5 Å². The van der Waals surface area contributed by atoms with Crippen LogP contribution in [0.15, 0.2) is 63.9 Å². The number of nitrogens with zero attached hydrogens (tertiary/aromatic N) is 2. The number of amides is 1. The van der Waals surface area contributed by atoms with E-state index in [1.165, 1.54) is 17.2 Å². The van der Waals surface area contributed by atoms with Crippen molar-refractivity contribution in [1.82, 2.24) is 4.98 Å². The molecule has 1 amide bonds. The molecule has 0 radical (unpaired) electrons. The van der Waals surface area contributed by atoms with Crippen molar-refractivity contribution in [2.75, 3.05) is 18.1 Å². The maximum Gasteiger partial charge on any atom is 0.296 e. The molecule has 0 fully saturated rings. The van der Waals surface area contributed by atoms with E-state index >= 15 is 0 Å². The van der Waals surface area contributed by atoms with Crippen LogP contribution in [0.25, 0.3) is 11.0 Å². The van der Waals surface area contributed by atoms with Gasteiger partial charge in [0.2, 0.25) is 5.76 Å². The number of carbonyl (C=O) groups is 1. The number of halogens is 2. The van der Waals surface area contributed by atoms with Crippen LogP contribution in [0.1, 0.15) is 41.6 Å². The third kappa shape index (κ3) is 4.00. The molecule has 0 N–H and O–H groups in total. The Morgan fingerprint density at radius 1 is 0.943 bits per heavy atom. The smallest absolute Gasteiger partial charge is 0.296 e. The number of aromatic nitrogens is 1. The van der Waals surface area contributed by atoms with Gasteiger partial charge in [-0.1, -0.05) is 29.3 Å². The lowest BCUT2D eigenvalue weighted by atomic mass is 9.98. The van der Waals surface area contributed by atoms with E-state index in [1.54, 1.807) is 42.5 Å². The minimum Gasteiger partial charge on any atom is -0.490 e. The molecule has 0 aliphatic carbocycles. The second-order valence-electron chi connectivity index (χ2n) is 7.80. The molecular formula is C26H20Cl2N2O5. The van der Waals surface area contributed by atoms with E-state index in [1.807, 2.05) is 13.8 Å². The molecule has 1 unspecified atom stereocenters. The fraction of sp³-hybridized carbons (Fsp3) is 0.192. The van der Waals surface area contributed by atoms with Crippen molar-refractivity contribution in [2.24, 2.45) is 0 Å². The first-order valence-corrected chi connectivity index (χ1v) is 11.8. The normalized spacial score (nSPS) is 14.9. The molecule has 0 saturated heterocycles. The molecule has 0 spiro atoms. The van der Waals surface area contributed by atoms with Gasteiger partial charge in [-0.05, 0) is 61.9 Å². The number of anilines is 1. The maximum atomic E-state index is 13.7. The highest BCUT2D eigenvalue weighted by atomic mass is 35.5. The monoisotopic (exact) mass is 510 g/mol. The zero-order chi connectivity index (χ0) is 24.7. The Balaban J connectivity index is 1.78. The summed E-state index contributed by atoms with van der Waals surface area (Å²) in [5.41, 5.74) is 0.769. The second-order valence-corrected chi connectivity index (χ2v) is 8.67. The summed E-state index contributed by atoms with van der Waals surface area (Å²) in [5, 5.41) is 1.10. The molecule has 5 rings (SSSR count). The van der Waals surface area contributed by atoms with Crippen LogP contribution in [-0.2, 0) is 0 Å². The number of hydrogen-bond acceptors (Lipinski definition) is 6. The molecule has 35 heavy (non-hydrogen) atoms. The molecule has 0 bridgehead atoms. The number of carbonyl (C=O) groups excluding carboxylic acids is 1. The zero-order valence-corrected chi connectivity index (χ0v) is 20.4. The molecule has 1 aliphatic rings. The van der Waals surface area contributed by atoms with Gasteiger partial charge in [0.25, 0.3) is 5.91 Å². The van der Waals surface area contributed by atoms with Gasteiger partial charge in [-0.25, -0.2) is 4.98 Å². The highest BCUT2D eigenvalue weighted by Crippen LogP contribution is 2.43. The van der Waals surface area contributed by atoms with Gasteiger partial charge in [-0.3, -0.25) is 14.5 Å². The number of hydrogen-bond donors (Lipinski definition) is 0. The van der Waals surface area contributed by atoms with Crippen LogP contribution in [0.5, 0.6) is 11.5 Å². The van der Waals surface area contributed by atoms with Crippen molar-refractivity contribution in [1.29, 1.82) is 0 Å². The molecule has 3 heterocycles. The number of benzene rings is 2. The van der Waals surface area contributed by atoms with Gasteiger partial charge >= 0.3 is 0 Å². The summed E-state index contributed by atoms with van der Waals surface area (Å²) < 4.78 is 17.4. The largest absolute Gasteiger partial charge is 0.490 e. The highest BCUT2D eigenvalue weighted by Gasteiger charge is 2.44. The summed E-state index contributed by atoms with van der Waals surface area (Å²) in [7, 11) is 0. The SMILES string of the molecule is CCOc1ccc(C2c3c(oc4ccc(Cl)cc4c3=O)C(=O)N2c2ccc(Cl)cn2)cc1OCC. The Morgan fingerprint density at radius 2 is 1.69 bits per heavy atom. The third-order valence-electron chi connectivity index (χ3n) is 5.67. The summed E-state index contributed by atoms with van der Waals surface area (Å²) in [6.07, 6.45) is 1.44. The van der Waals surface area contributed by atoms with E-state index in [0.717, 1.165) is 0 Å². The summed E-state index contributed by atoms with van der Waals surface area (Å²) in [6.45, 7) is 4.62. The Bertz CT molecular complexity index is 1500. The lowest BCUT2D eigenvalue weighted by Crippen LogP contribution is -2.30. The summed E-state index contributed by atoms with van der Waals surface area (Å²) in [5.74, 6) is 0.865. The summed E-state index contributed by atoms with van der Waals surface area (Å²) >= 11 is 12.2. The number of fused-ring (bicyclic) bond motifs is 2. The number of pyridine rings is 1. The van der Waals surface area contributed by atoms with E-state index < -0.39 is 11.9 Å². The fourth-order valence-corrected chi connectivity index (χ4v) is 4.53. The molecular weight excluding hydrogens is 491 g/mol. The number of ether oxygens (including phenoxy) is 2. The second kappa shape index (κ2) is 9.24. The Kier molecular flexibility index (Phi) is 6.13. The van der Waals surface area contributed by atoms with Crippen molar-refractivity contribution in [2.45, 2.75) is 19.9 Å². The van der Waals surface area contributed by atoms with Gasteiger partial charge in [-0.15, -0.1) is 0 Å². The Labute approximate surface area is 210 Å². The lowest BCUT2D eigenvalue weighted by molar-refractivity contribution is 0.0970. The minimum atomic E-state index is -0.819. The van der Waals surface area contributed by atoms with Crippen LogP contribution in [-0.4, -0.2) is 24.1 Å². The molecule has 4 aromatic rings. The first-order chi connectivity index (χ1) is 16.9. The highest BCUT2D eigenvalue weighted by molar-refractivity contribution is 6.31. The van der Waals surface area contributed by atoms with E-state index in [0.29, 0.717) is 46.1 Å². The fourth-order valence-electron chi connectivity index (χ4n) is 4.25. The van der Waals surface area contributed by atoms with E-state index in [4.69, 9.17) is 37.1 Å². The average Bonchev–Trinajstić information content (AvgIpc) is 3.14. The lowest BCUT2D eigenvalue weighted by Gasteiger charge is -2.25. The maximum absolute atomic E-state index is 13.7. The van der Waals surface area contributed by atoms with Crippen LogP contribution in [0.2, 0.25) is 10.0 Å². The average molecular weight is 511 g/mol. The summed E-state index contributed by atoms with van der Waals surface area (Å²) in [6, 6.07) is 12.5. The van der Waals surface area contributed by atoms with Crippen molar-refractivity contribution in [3.63, 3.8) is 0 Å². The summed E-state index contributed by atoms with van der Waals surface area (Å²) in [4.78, 5) is 33.1. The van der Waals surface area contributed by atoms with Crippen molar-refractivity contribution < 1.29 is 18.7 Å². The molecule has 2 aromatic heterocycles. The molecule has 1 atom stereocenters. The van der Waals surface area contributed by atoms with Gasteiger partial charge in [0.15, 0.2) is 16.9 Å². The first kappa shape index (κ1) is 23.2. The molecule has 0 saturated carbocycles. The predicted octanol–water partition coefficient (Wildman–Crippen LogP) is 6.04. The topological polar surface area (TPSA) is 81.9 Å². The standard InChI is InChI=1S/C26H20Cl2N2O5/c1-3-33-19-8-5-14(11-20(19)34-4-2)23-22-24(31)17-12-15(27)6-9-18(17)35-25(22)26(32)30(23)21-10-7-16(28)13-29-21/h5-13,23H,3-4H2,1-2H3. The molecule has 1 aliphatic heterocycles. The minimum absolute atomic E-state index is 0.0431. The predicted molar refractivity (Wildman–Crippen MR) is 134 cm³/mol. The van der Waals surface area contributed by atoms with Crippen LogP contribution in [0, 0.1) is 0 Å². The third-order valence-corrected chi connectivity index (χ3v) is 6.13. The molecule has 2 aromatic carbocycles. The number of rotatable bonds is 6. The van der Waals surface area contributed by atoms with Gasteiger partial charge in [0.1, 0.15) is 11.4 Å². The molecule has 178 valence electrons. The molecule has 9 heteroatoms. The van der Waals surface area contributed by atoms with Crippen molar-refractivity contribution in [3.05, 3.63) is 91.9 Å². The van der Waals surface area contributed by atoms with Gasteiger partial charge in [0, 0.05) is 11.2 Å². The van der Waals surface area contributed by atoms with Crippen LogP contribution < -0.4 is 19.8 Å². The van der Waals surface area contributed by atoms with Crippen molar-refractivity contribution >= 4 is 45.9 Å². The van der Waals surface area contributed by atoms with Crippen LogP contribution in [0.4, 0.5) is 5.82 Å². The zero-order valence-electron chi connectivity index (χ0n) is 18.9. The van der Waals surface area contributed by atoms with E-state index in [-0.39, 0.29) is 27.7 Å². The van der Waals surface area contributed by atoms with E-state index in [9.17, 15) is 9.59 Å². The van der Waals surface area contributed by atoms with Gasteiger partial charge in [0.05, 0.1) is 35.2 Å². The Morgan fingerprint density at radius 3 is 2.40 bits per heavy atom. The van der Waals surface area contributed by atoms with E-state index in [2.05, 4.69) is 4.98 Å². The quantitative estimate of drug-likeness (QED) is 0.314. The molecule has 7 nitrogen and oxygen atoms in total. The van der Waals surface area contributed by atoms with Crippen LogP contribution >= 0.6 is 23.2 Å². The van der Waals surface area contributed by atoms with Gasteiger partial charge < -0.3 is 13.9 Å². The Hall–Kier alpha value is -3.55. The first-order valence-electron chi connectivity index (χ1n) is 11.0.